The van der Waals surface area contributed by atoms with E-state index in [1.54, 1.807) is 18.4 Å². The lowest BCUT2D eigenvalue weighted by molar-refractivity contribution is -0.130. The maximum Gasteiger partial charge on any atom is 0.242 e. The fourth-order valence-electron chi connectivity index (χ4n) is 3.19. The number of hydrogen-bond donors (Lipinski definition) is 2. The van der Waals surface area contributed by atoms with Gasteiger partial charge in [0.2, 0.25) is 5.91 Å². The molecule has 3 rings (SSSR count). The van der Waals surface area contributed by atoms with E-state index in [0.717, 1.165) is 47.5 Å². The van der Waals surface area contributed by atoms with Crippen LogP contribution in [-0.2, 0) is 11.2 Å². The molecule has 7 nitrogen and oxygen atoms in total. The molecule has 0 bridgehead atoms. The first-order valence-corrected chi connectivity index (χ1v) is 10.9. The second kappa shape index (κ2) is 10.5. The number of rotatable bonds is 6. The third-order valence-corrected chi connectivity index (χ3v) is 5.87. The second-order valence-electron chi connectivity index (χ2n) is 6.80. The van der Waals surface area contributed by atoms with Crippen LogP contribution in [0.25, 0.3) is 0 Å². The van der Waals surface area contributed by atoms with Crippen LogP contribution in [0.2, 0.25) is 5.02 Å². The van der Waals surface area contributed by atoms with Crippen molar-refractivity contribution in [2.45, 2.75) is 13.3 Å². The summed E-state index contributed by atoms with van der Waals surface area (Å²) >= 11 is 7.61. The fraction of sp³-hybridized carbons (Fsp3) is 0.450. The molecule has 0 spiro atoms. The first kappa shape index (κ1) is 21.4. The van der Waals surface area contributed by atoms with Crippen LogP contribution < -0.4 is 15.5 Å². The molecule has 1 fully saturated rings. The first-order chi connectivity index (χ1) is 14.0. The minimum atomic E-state index is 0.0823. The summed E-state index contributed by atoms with van der Waals surface area (Å²) in [6.45, 7) is 5.99. The Hall–Kier alpha value is -2.32. The summed E-state index contributed by atoms with van der Waals surface area (Å²) < 4.78 is 0. The predicted molar refractivity (Wildman–Crippen MR) is 120 cm³/mol. The number of aryl methyl sites for hydroxylation is 1. The molecule has 0 atom stereocenters. The van der Waals surface area contributed by atoms with Crippen LogP contribution in [0.3, 0.4) is 0 Å². The molecule has 1 aliphatic rings. The molecule has 2 N–H and O–H groups in total. The van der Waals surface area contributed by atoms with E-state index in [4.69, 9.17) is 11.6 Å². The molecule has 1 aromatic carbocycles. The number of piperazine rings is 1. The van der Waals surface area contributed by atoms with Crippen molar-refractivity contribution in [3.8, 4) is 0 Å². The summed E-state index contributed by atoms with van der Waals surface area (Å²) in [5.41, 5.74) is 2.21. The Labute approximate surface area is 180 Å². The highest BCUT2D eigenvalue weighted by atomic mass is 35.5. The van der Waals surface area contributed by atoms with Gasteiger partial charge in [-0.15, -0.1) is 11.3 Å². The molecule has 0 aliphatic carbocycles. The molecule has 0 radical (unpaired) electrons. The topological polar surface area (TPSA) is 72.9 Å². The molecule has 29 heavy (non-hydrogen) atoms. The van der Waals surface area contributed by atoms with E-state index >= 15 is 0 Å². The first-order valence-electron chi connectivity index (χ1n) is 9.69. The van der Waals surface area contributed by atoms with Crippen LogP contribution in [0, 0.1) is 6.92 Å². The largest absolute Gasteiger partial charge is 0.368 e. The van der Waals surface area contributed by atoms with Gasteiger partial charge in [-0.25, -0.2) is 4.98 Å². The summed E-state index contributed by atoms with van der Waals surface area (Å²) in [7, 11) is 1.71. The van der Waals surface area contributed by atoms with Crippen LogP contribution in [-0.4, -0.2) is 68.1 Å². The van der Waals surface area contributed by atoms with Gasteiger partial charge in [0, 0.05) is 62.3 Å². The minimum absolute atomic E-state index is 0.0823. The molecule has 0 saturated carbocycles. The number of hydrogen-bond acceptors (Lipinski definition) is 5. The average Bonchev–Trinajstić information content (AvgIpc) is 3.16. The number of halogens is 1. The number of nitrogens with one attached hydrogen (secondary N) is 2. The molecular weight excluding hydrogens is 408 g/mol. The van der Waals surface area contributed by atoms with Crippen molar-refractivity contribution in [3.63, 3.8) is 0 Å². The molecule has 1 amide bonds. The highest BCUT2D eigenvalue weighted by Gasteiger charge is 2.21. The van der Waals surface area contributed by atoms with Crippen LogP contribution in [0.15, 0.2) is 34.6 Å². The Kier molecular flexibility index (Phi) is 7.71. The highest BCUT2D eigenvalue weighted by molar-refractivity contribution is 7.09. The molecule has 0 unspecified atom stereocenters. The number of thiazole rings is 1. The molecule has 1 aromatic heterocycles. The van der Waals surface area contributed by atoms with Crippen molar-refractivity contribution in [2.24, 2.45) is 4.99 Å². The van der Waals surface area contributed by atoms with Gasteiger partial charge >= 0.3 is 0 Å². The molecule has 2 aromatic rings. The van der Waals surface area contributed by atoms with E-state index in [-0.39, 0.29) is 12.5 Å². The fourth-order valence-corrected chi connectivity index (χ4v) is 3.96. The summed E-state index contributed by atoms with van der Waals surface area (Å²) in [6, 6.07) is 7.83. The summed E-state index contributed by atoms with van der Waals surface area (Å²) in [4.78, 5) is 25.3. The second-order valence-corrected chi connectivity index (χ2v) is 8.30. The number of aliphatic imine (C=N–C) groups is 1. The lowest BCUT2D eigenvalue weighted by atomic mass is 10.2. The number of carbonyl (C=O) groups is 1. The van der Waals surface area contributed by atoms with Gasteiger partial charge in [0.15, 0.2) is 5.96 Å². The maximum atomic E-state index is 12.5. The summed E-state index contributed by atoms with van der Waals surface area (Å²) in [5.74, 6) is 0.712. The minimum Gasteiger partial charge on any atom is -0.368 e. The highest BCUT2D eigenvalue weighted by Crippen LogP contribution is 2.19. The molecule has 9 heteroatoms. The predicted octanol–water partition coefficient (Wildman–Crippen LogP) is 2.16. The van der Waals surface area contributed by atoms with Crippen LogP contribution in [0.4, 0.5) is 5.69 Å². The molecule has 2 heterocycles. The van der Waals surface area contributed by atoms with Gasteiger partial charge in [-0.2, -0.15) is 0 Å². The third-order valence-electron chi connectivity index (χ3n) is 4.79. The van der Waals surface area contributed by atoms with Gasteiger partial charge in [-0.1, -0.05) is 11.6 Å². The van der Waals surface area contributed by atoms with E-state index in [1.807, 2.05) is 36.1 Å². The van der Waals surface area contributed by atoms with Crippen molar-refractivity contribution in [1.82, 2.24) is 20.5 Å². The van der Waals surface area contributed by atoms with Gasteiger partial charge < -0.3 is 20.4 Å². The van der Waals surface area contributed by atoms with Gasteiger partial charge in [0.05, 0.1) is 17.2 Å². The van der Waals surface area contributed by atoms with Crippen molar-refractivity contribution in [1.29, 1.82) is 0 Å². The van der Waals surface area contributed by atoms with Gasteiger partial charge in [0.25, 0.3) is 0 Å². The summed E-state index contributed by atoms with van der Waals surface area (Å²) in [6.07, 6.45) is 0.825. The van der Waals surface area contributed by atoms with E-state index < -0.39 is 0 Å². The zero-order chi connectivity index (χ0) is 20.6. The molecule has 1 aliphatic heterocycles. The third kappa shape index (κ3) is 6.33. The zero-order valence-electron chi connectivity index (χ0n) is 16.8. The van der Waals surface area contributed by atoms with Crippen molar-refractivity contribution >= 4 is 40.5 Å². The number of guanidine groups is 1. The Morgan fingerprint density at radius 2 is 1.93 bits per heavy atom. The normalized spacial score (nSPS) is 14.8. The average molecular weight is 435 g/mol. The van der Waals surface area contributed by atoms with E-state index in [0.29, 0.717) is 19.0 Å². The Bertz CT molecular complexity index is 830. The lowest BCUT2D eigenvalue weighted by Crippen LogP contribution is -2.52. The number of benzene rings is 1. The van der Waals surface area contributed by atoms with E-state index in [9.17, 15) is 4.79 Å². The maximum absolute atomic E-state index is 12.5. The molecular formula is C20H27ClN6OS. The quantitative estimate of drug-likeness (QED) is 0.538. The van der Waals surface area contributed by atoms with Crippen LogP contribution in [0.5, 0.6) is 0 Å². The van der Waals surface area contributed by atoms with Crippen molar-refractivity contribution < 1.29 is 4.79 Å². The number of carbonyl (C=O) groups excluding carboxylic acids is 1. The SMILES string of the molecule is CN=C(NCCc1csc(C)n1)NCC(=O)N1CCN(c2ccc(Cl)cc2)CC1. The molecule has 156 valence electrons. The van der Waals surface area contributed by atoms with Crippen LogP contribution >= 0.6 is 22.9 Å². The van der Waals surface area contributed by atoms with Crippen molar-refractivity contribution in [2.75, 3.05) is 51.2 Å². The lowest BCUT2D eigenvalue weighted by Gasteiger charge is -2.36. The van der Waals surface area contributed by atoms with Crippen molar-refractivity contribution in [3.05, 3.63) is 45.4 Å². The number of nitrogens with zero attached hydrogens (tertiary/aromatic N) is 4. The smallest absolute Gasteiger partial charge is 0.242 e. The number of aromatic nitrogens is 1. The summed E-state index contributed by atoms with van der Waals surface area (Å²) in [5, 5.41) is 10.2. The van der Waals surface area contributed by atoms with Gasteiger partial charge in [-0.05, 0) is 31.2 Å². The van der Waals surface area contributed by atoms with Gasteiger partial charge in [-0.3, -0.25) is 9.79 Å². The Balaban J connectivity index is 1.37. The molecule has 1 saturated heterocycles. The Morgan fingerprint density at radius 1 is 1.21 bits per heavy atom. The van der Waals surface area contributed by atoms with E-state index in [1.165, 1.54) is 0 Å². The number of amides is 1. The van der Waals surface area contributed by atoms with E-state index in [2.05, 4.69) is 30.9 Å². The Morgan fingerprint density at radius 3 is 2.55 bits per heavy atom. The van der Waals surface area contributed by atoms with Crippen LogP contribution in [0.1, 0.15) is 10.7 Å². The van der Waals surface area contributed by atoms with Gasteiger partial charge in [0.1, 0.15) is 0 Å². The number of anilines is 1. The zero-order valence-corrected chi connectivity index (χ0v) is 18.4. The standard InChI is InChI=1S/C20H27ClN6OS/c1-15-25-17(14-29-15)7-8-23-20(22-2)24-13-19(28)27-11-9-26(10-12-27)18-5-3-16(21)4-6-18/h3-6,14H,7-13H2,1-2H3,(H2,22,23,24). The monoisotopic (exact) mass is 434 g/mol.